The van der Waals surface area contributed by atoms with E-state index in [1.165, 1.54) is 6.07 Å². The summed E-state index contributed by atoms with van der Waals surface area (Å²) in [7, 11) is 0. The van der Waals surface area contributed by atoms with Crippen LogP contribution in [0.25, 0.3) is 0 Å². The van der Waals surface area contributed by atoms with Crippen molar-refractivity contribution in [3.8, 4) is 0 Å². The van der Waals surface area contributed by atoms with Crippen LogP contribution in [0.1, 0.15) is 73.4 Å². The van der Waals surface area contributed by atoms with Crippen molar-refractivity contribution >= 4 is 35.1 Å². The molecule has 1 N–H and O–H groups in total. The van der Waals surface area contributed by atoms with Crippen molar-refractivity contribution in [3.63, 3.8) is 0 Å². The van der Waals surface area contributed by atoms with Crippen molar-refractivity contribution in [2.75, 3.05) is 31.6 Å². The van der Waals surface area contributed by atoms with Gasteiger partial charge in [0.1, 0.15) is 6.61 Å². The fourth-order valence-corrected chi connectivity index (χ4v) is 6.27. The summed E-state index contributed by atoms with van der Waals surface area (Å²) in [4.78, 5) is 40.2. The molecule has 0 spiro atoms. The number of halogens is 1. The van der Waals surface area contributed by atoms with Crippen molar-refractivity contribution < 1.29 is 28.3 Å². The highest BCUT2D eigenvalue weighted by Crippen LogP contribution is 2.46. The zero-order chi connectivity index (χ0) is 27.2. The number of rotatable bonds is 9. The third kappa shape index (κ3) is 5.89. The minimum atomic E-state index is -0.756. The first kappa shape index (κ1) is 28.1. The van der Waals surface area contributed by atoms with E-state index in [1.54, 1.807) is 13.0 Å². The lowest BCUT2D eigenvalue weighted by Crippen LogP contribution is -2.74. The first-order chi connectivity index (χ1) is 18.3. The van der Waals surface area contributed by atoms with Crippen LogP contribution in [0, 0.1) is 6.92 Å². The molecular formula is C30H38ClN2O5+. The van der Waals surface area contributed by atoms with Crippen molar-refractivity contribution in [3.05, 3.63) is 64.2 Å². The molecule has 4 rings (SSSR count). The number of hydrogen-bond donors (Lipinski definition) is 1. The van der Waals surface area contributed by atoms with Gasteiger partial charge in [0.05, 0.1) is 30.9 Å². The molecule has 0 radical (unpaired) electrons. The van der Waals surface area contributed by atoms with E-state index < -0.39 is 11.5 Å². The first-order valence-electron chi connectivity index (χ1n) is 13.6. The maximum Gasteiger partial charge on any atom is 0.362 e. The van der Waals surface area contributed by atoms with E-state index in [9.17, 15) is 14.4 Å². The van der Waals surface area contributed by atoms with Gasteiger partial charge in [-0.15, -0.1) is 0 Å². The van der Waals surface area contributed by atoms with E-state index >= 15 is 0 Å². The molecule has 0 bridgehead atoms. The summed E-state index contributed by atoms with van der Waals surface area (Å²) < 4.78 is 11.3. The molecule has 204 valence electrons. The van der Waals surface area contributed by atoms with Crippen LogP contribution in [0.3, 0.4) is 0 Å². The summed E-state index contributed by atoms with van der Waals surface area (Å²) in [5, 5.41) is 3.50. The van der Waals surface area contributed by atoms with Gasteiger partial charge >= 0.3 is 11.9 Å². The Bertz CT molecular complexity index is 1150. The van der Waals surface area contributed by atoms with Gasteiger partial charge in [-0.1, -0.05) is 41.9 Å². The van der Waals surface area contributed by atoms with Crippen molar-refractivity contribution in [1.29, 1.82) is 0 Å². The van der Waals surface area contributed by atoms with Gasteiger partial charge in [-0.3, -0.25) is 4.79 Å². The largest absolute Gasteiger partial charge is 0.462 e. The Morgan fingerprint density at radius 3 is 2.26 bits per heavy atom. The summed E-state index contributed by atoms with van der Waals surface area (Å²) in [6, 6.07) is 12.9. The number of benzene rings is 2. The zero-order valence-electron chi connectivity index (χ0n) is 22.4. The Kier molecular flexibility index (Phi) is 9.11. The molecule has 0 atom stereocenters. The monoisotopic (exact) mass is 541 g/mol. The molecule has 1 saturated heterocycles. The van der Waals surface area contributed by atoms with Crippen LogP contribution >= 0.6 is 11.6 Å². The van der Waals surface area contributed by atoms with Crippen LogP contribution in [0.5, 0.6) is 0 Å². The van der Waals surface area contributed by atoms with Gasteiger partial charge in [-0.05, 0) is 69.2 Å². The van der Waals surface area contributed by atoms with Crippen molar-refractivity contribution in [2.24, 2.45) is 0 Å². The number of esters is 2. The normalized spacial score (nSPS) is 18.0. The van der Waals surface area contributed by atoms with Gasteiger partial charge in [-0.2, -0.15) is 0 Å². The van der Waals surface area contributed by atoms with Crippen LogP contribution in [-0.2, 0) is 25.7 Å². The van der Waals surface area contributed by atoms with E-state index in [0.717, 1.165) is 50.8 Å². The van der Waals surface area contributed by atoms with Gasteiger partial charge in [0.15, 0.2) is 12.1 Å². The van der Waals surface area contributed by atoms with Crippen LogP contribution < -0.4 is 5.32 Å². The Labute approximate surface area is 230 Å². The lowest BCUT2D eigenvalue weighted by Gasteiger charge is -2.55. The number of carbonyl (C=O) groups is 3. The average molecular weight is 542 g/mol. The maximum atomic E-state index is 14.2. The van der Waals surface area contributed by atoms with E-state index in [1.807, 2.05) is 37.3 Å². The number of anilines is 1. The lowest BCUT2D eigenvalue weighted by atomic mass is 9.71. The fourth-order valence-electron chi connectivity index (χ4n) is 6.00. The van der Waals surface area contributed by atoms with E-state index in [0.29, 0.717) is 33.6 Å². The molecule has 1 amide bonds. The number of carbonyl (C=O) groups excluding carboxylic acids is 3. The topological polar surface area (TPSA) is 81.7 Å². The molecule has 1 heterocycles. The highest BCUT2D eigenvalue weighted by molar-refractivity contribution is 6.31. The third-order valence-corrected chi connectivity index (χ3v) is 8.36. The number of quaternary nitrogens is 1. The number of hydrogen-bond acceptors (Lipinski definition) is 5. The summed E-state index contributed by atoms with van der Waals surface area (Å²) in [5.41, 5.74) is 1.53. The molecule has 2 aliphatic rings. The van der Waals surface area contributed by atoms with Gasteiger partial charge in [-0.25, -0.2) is 9.59 Å². The van der Waals surface area contributed by atoms with Crippen molar-refractivity contribution in [2.45, 2.75) is 70.9 Å². The number of nitrogens with one attached hydrogen (secondary N) is 1. The highest BCUT2D eigenvalue weighted by atomic mass is 35.5. The van der Waals surface area contributed by atoms with E-state index in [-0.39, 0.29) is 37.2 Å². The first-order valence-corrected chi connectivity index (χ1v) is 14.0. The van der Waals surface area contributed by atoms with Crippen molar-refractivity contribution in [1.82, 2.24) is 0 Å². The number of ether oxygens (including phenoxy) is 2. The van der Waals surface area contributed by atoms with Gasteiger partial charge in [0, 0.05) is 17.9 Å². The SMILES string of the molecule is CCOC(=O)c1cc(Cl)cc(C)c1NC(=O)C1([N+]2(CC(=O)OCc3ccccc3)CCCCCC2)CCC1. The molecule has 1 aliphatic heterocycles. The molecule has 8 heteroatoms. The molecule has 2 aromatic carbocycles. The molecule has 0 aromatic heterocycles. The van der Waals surface area contributed by atoms with Crippen LogP contribution in [0.4, 0.5) is 5.69 Å². The Balaban J connectivity index is 1.62. The molecule has 2 aromatic rings. The predicted octanol–water partition coefficient (Wildman–Crippen LogP) is 5.82. The molecular weight excluding hydrogens is 504 g/mol. The fraction of sp³-hybridized carbons (Fsp3) is 0.500. The predicted molar refractivity (Wildman–Crippen MR) is 147 cm³/mol. The third-order valence-electron chi connectivity index (χ3n) is 8.14. The summed E-state index contributed by atoms with van der Waals surface area (Å²) >= 11 is 6.25. The minimum Gasteiger partial charge on any atom is -0.462 e. The van der Waals surface area contributed by atoms with Crippen LogP contribution in [0.2, 0.25) is 5.02 Å². The summed E-state index contributed by atoms with van der Waals surface area (Å²) in [6.07, 6.45) is 6.36. The minimum absolute atomic E-state index is 0.155. The molecule has 1 saturated carbocycles. The number of aryl methyl sites for hydroxylation is 1. The van der Waals surface area contributed by atoms with E-state index in [2.05, 4.69) is 5.32 Å². The molecule has 0 unspecified atom stereocenters. The molecule has 38 heavy (non-hydrogen) atoms. The van der Waals surface area contributed by atoms with Gasteiger partial charge in [0.2, 0.25) is 0 Å². The van der Waals surface area contributed by atoms with Crippen LogP contribution in [0.15, 0.2) is 42.5 Å². The number of amides is 1. The standard InChI is InChI=1S/C30H37ClN2O5/c1-3-37-28(35)25-19-24(31)18-22(2)27(25)32-29(36)30(14-11-15-30)33(16-9-4-5-10-17-33)20-26(34)38-21-23-12-7-6-8-13-23/h6-8,12-13,18-19H,3-5,9-11,14-17,20-21H2,1-2H3/p+1. The summed E-state index contributed by atoms with van der Waals surface area (Å²) in [5.74, 6) is -0.971. The molecule has 2 fully saturated rings. The second-order valence-electron chi connectivity index (χ2n) is 10.5. The lowest BCUT2D eigenvalue weighted by molar-refractivity contribution is -0.965. The summed E-state index contributed by atoms with van der Waals surface area (Å²) in [6.45, 7) is 5.63. The van der Waals surface area contributed by atoms with Gasteiger partial charge in [0.25, 0.3) is 5.91 Å². The van der Waals surface area contributed by atoms with E-state index in [4.69, 9.17) is 21.1 Å². The van der Waals surface area contributed by atoms with Crippen LogP contribution in [-0.4, -0.2) is 54.1 Å². The number of nitrogens with zero attached hydrogens (tertiary/aromatic N) is 1. The average Bonchev–Trinajstić information content (AvgIpc) is 3.10. The van der Waals surface area contributed by atoms with Gasteiger partial charge < -0.3 is 19.3 Å². The second kappa shape index (κ2) is 12.3. The Morgan fingerprint density at radius 1 is 0.974 bits per heavy atom. The highest BCUT2D eigenvalue weighted by Gasteiger charge is 2.61. The molecule has 7 nitrogen and oxygen atoms in total. The maximum absolute atomic E-state index is 14.2. The smallest absolute Gasteiger partial charge is 0.362 e. The zero-order valence-corrected chi connectivity index (χ0v) is 23.1. The Hall–Kier alpha value is -2.90. The number of likely N-dealkylation sites (tertiary alicyclic amines) is 1. The quantitative estimate of drug-likeness (QED) is 0.319. The second-order valence-corrected chi connectivity index (χ2v) is 11.0. The Morgan fingerprint density at radius 2 is 1.66 bits per heavy atom. The molecule has 1 aliphatic carbocycles.